The van der Waals surface area contributed by atoms with Crippen molar-refractivity contribution in [3.05, 3.63) is 59.7 Å². The number of amides is 3. The number of hydrogen-bond donors (Lipinski definition) is 3. The predicted molar refractivity (Wildman–Crippen MR) is 121 cm³/mol. The Balaban J connectivity index is 1.81. The lowest BCUT2D eigenvalue weighted by atomic mass is 9.98. The maximum Gasteiger partial charge on any atom is 0.276 e. The molecule has 0 aliphatic carbocycles. The average Bonchev–Trinajstić information content (AvgIpc) is 2.80. The van der Waals surface area contributed by atoms with Gasteiger partial charge in [0.25, 0.3) is 11.8 Å². The van der Waals surface area contributed by atoms with E-state index in [4.69, 9.17) is 4.74 Å². The van der Waals surface area contributed by atoms with Gasteiger partial charge in [-0.05, 0) is 54.7 Å². The molecule has 2 aromatic rings. The largest absolute Gasteiger partial charge is 0.483 e. The van der Waals surface area contributed by atoms with Gasteiger partial charge >= 0.3 is 0 Å². The molecule has 3 N–H and O–H groups in total. The standard InChI is InChI=1S/C24H31N3O4/c1-4-6-11-22(28)25-19-14-12-18(13-15-19)24(30)27-26-23(29)16-31-21-10-8-7-9-20(21)17(3)5-2/h7-10,12-15,17H,4-6,11,16H2,1-3H3,(H,25,28)(H,26,29)(H,27,30). The molecule has 3 amide bonds. The van der Waals surface area contributed by atoms with Crippen LogP contribution in [0.5, 0.6) is 5.75 Å². The molecule has 0 saturated heterocycles. The summed E-state index contributed by atoms with van der Waals surface area (Å²) in [7, 11) is 0. The van der Waals surface area contributed by atoms with Crippen LogP contribution in [0.15, 0.2) is 48.5 Å². The summed E-state index contributed by atoms with van der Waals surface area (Å²) in [4.78, 5) is 36.1. The molecule has 7 nitrogen and oxygen atoms in total. The number of carbonyl (C=O) groups is 3. The molecule has 166 valence electrons. The van der Waals surface area contributed by atoms with Gasteiger partial charge in [0.15, 0.2) is 6.61 Å². The summed E-state index contributed by atoms with van der Waals surface area (Å²) in [5.74, 6) is -0.00110. The monoisotopic (exact) mass is 425 g/mol. The molecule has 0 bridgehead atoms. The molecule has 1 atom stereocenters. The molecule has 31 heavy (non-hydrogen) atoms. The summed E-state index contributed by atoms with van der Waals surface area (Å²) >= 11 is 0. The number of carbonyl (C=O) groups excluding carboxylic acids is 3. The van der Waals surface area contributed by atoms with Crippen molar-refractivity contribution in [2.75, 3.05) is 11.9 Å². The van der Waals surface area contributed by atoms with Gasteiger partial charge in [0.05, 0.1) is 0 Å². The summed E-state index contributed by atoms with van der Waals surface area (Å²) in [5, 5.41) is 2.79. The lowest BCUT2D eigenvalue weighted by molar-refractivity contribution is -0.123. The van der Waals surface area contributed by atoms with E-state index in [1.54, 1.807) is 24.3 Å². The highest BCUT2D eigenvalue weighted by atomic mass is 16.5. The number of hydrogen-bond acceptors (Lipinski definition) is 4. The van der Waals surface area contributed by atoms with Crippen molar-refractivity contribution < 1.29 is 19.1 Å². The number of unbranched alkanes of at least 4 members (excludes halogenated alkanes) is 1. The Hall–Kier alpha value is -3.35. The van der Waals surface area contributed by atoms with Crippen LogP contribution in [0.2, 0.25) is 0 Å². The van der Waals surface area contributed by atoms with E-state index in [1.807, 2.05) is 31.2 Å². The van der Waals surface area contributed by atoms with Crippen molar-refractivity contribution in [2.24, 2.45) is 0 Å². The minimum atomic E-state index is -0.466. The van der Waals surface area contributed by atoms with Crippen molar-refractivity contribution in [3.63, 3.8) is 0 Å². The van der Waals surface area contributed by atoms with Crippen LogP contribution < -0.4 is 20.9 Å². The second-order valence-corrected chi connectivity index (χ2v) is 7.37. The number of para-hydroxylation sites is 1. The Labute approximate surface area is 183 Å². The molecule has 0 heterocycles. The number of benzene rings is 2. The lowest BCUT2D eigenvalue weighted by Crippen LogP contribution is -2.43. The number of nitrogens with one attached hydrogen (secondary N) is 3. The number of anilines is 1. The van der Waals surface area contributed by atoms with Crippen molar-refractivity contribution in [1.82, 2.24) is 10.9 Å². The molecule has 7 heteroatoms. The van der Waals surface area contributed by atoms with Gasteiger partial charge in [0.2, 0.25) is 5.91 Å². The van der Waals surface area contributed by atoms with Crippen LogP contribution >= 0.6 is 0 Å². The summed E-state index contributed by atoms with van der Waals surface area (Å²) in [5.41, 5.74) is 6.74. The molecule has 0 aliphatic heterocycles. The predicted octanol–water partition coefficient (Wildman–Crippen LogP) is 4.17. The van der Waals surface area contributed by atoms with Gasteiger partial charge in [-0.25, -0.2) is 0 Å². The second kappa shape index (κ2) is 12.4. The molecule has 0 radical (unpaired) electrons. The Morgan fingerprint density at radius 3 is 2.32 bits per heavy atom. The second-order valence-electron chi connectivity index (χ2n) is 7.37. The van der Waals surface area contributed by atoms with E-state index < -0.39 is 11.8 Å². The molecular formula is C24H31N3O4. The molecular weight excluding hydrogens is 394 g/mol. The third-order valence-electron chi connectivity index (χ3n) is 4.92. The van der Waals surface area contributed by atoms with Gasteiger partial charge in [-0.1, -0.05) is 45.4 Å². The first-order valence-electron chi connectivity index (χ1n) is 10.6. The Morgan fingerprint density at radius 2 is 1.65 bits per heavy atom. The third kappa shape index (κ3) is 7.77. The van der Waals surface area contributed by atoms with E-state index >= 15 is 0 Å². The Morgan fingerprint density at radius 1 is 0.935 bits per heavy atom. The van der Waals surface area contributed by atoms with Crippen molar-refractivity contribution in [2.45, 2.75) is 52.4 Å². The number of ether oxygens (including phenoxy) is 1. The molecule has 0 aliphatic rings. The zero-order valence-corrected chi connectivity index (χ0v) is 18.4. The zero-order chi connectivity index (χ0) is 22.6. The molecule has 0 saturated carbocycles. The van der Waals surface area contributed by atoms with E-state index in [2.05, 4.69) is 30.0 Å². The van der Waals surface area contributed by atoms with Gasteiger partial charge in [-0.3, -0.25) is 25.2 Å². The van der Waals surface area contributed by atoms with Crippen molar-refractivity contribution in [3.8, 4) is 5.75 Å². The van der Waals surface area contributed by atoms with Gasteiger partial charge in [-0.2, -0.15) is 0 Å². The zero-order valence-electron chi connectivity index (χ0n) is 18.4. The fourth-order valence-electron chi connectivity index (χ4n) is 2.88. The molecule has 1 unspecified atom stereocenters. The molecule has 0 spiro atoms. The summed E-state index contributed by atoms with van der Waals surface area (Å²) < 4.78 is 5.64. The van der Waals surface area contributed by atoms with Gasteiger partial charge in [-0.15, -0.1) is 0 Å². The molecule has 0 fully saturated rings. The first-order valence-corrected chi connectivity index (χ1v) is 10.6. The smallest absolute Gasteiger partial charge is 0.276 e. The van der Waals surface area contributed by atoms with Gasteiger partial charge in [0, 0.05) is 17.7 Å². The number of rotatable bonds is 10. The SMILES string of the molecule is CCCCC(=O)Nc1ccc(C(=O)NNC(=O)COc2ccccc2C(C)CC)cc1. The first-order chi connectivity index (χ1) is 14.9. The summed E-state index contributed by atoms with van der Waals surface area (Å²) in [6.45, 7) is 6.01. The van der Waals surface area contributed by atoms with Crippen molar-refractivity contribution >= 4 is 23.4 Å². The van der Waals surface area contributed by atoms with Crippen LogP contribution in [-0.2, 0) is 9.59 Å². The highest BCUT2D eigenvalue weighted by Crippen LogP contribution is 2.28. The molecule has 2 aromatic carbocycles. The molecule has 0 aromatic heterocycles. The summed E-state index contributed by atoms with van der Waals surface area (Å²) in [6.07, 6.45) is 3.21. The first kappa shape index (κ1) is 23.9. The van der Waals surface area contributed by atoms with Crippen LogP contribution in [0, 0.1) is 0 Å². The van der Waals surface area contributed by atoms with Crippen LogP contribution in [0.1, 0.15) is 68.3 Å². The Kier molecular flexibility index (Phi) is 9.55. The topological polar surface area (TPSA) is 96.5 Å². The fourth-order valence-corrected chi connectivity index (χ4v) is 2.88. The molecule has 2 rings (SSSR count). The Bertz CT molecular complexity index is 881. The maximum absolute atomic E-state index is 12.2. The fraction of sp³-hybridized carbons (Fsp3) is 0.375. The highest BCUT2D eigenvalue weighted by Gasteiger charge is 2.12. The lowest BCUT2D eigenvalue weighted by Gasteiger charge is -2.15. The van der Waals surface area contributed by atoms with E-state index in [0.717, 1.165) is 24.8 Å². The minimum absolute atomic E-state index is 0.0544. The van der Waals surface area contributed by atoms with E-state index in [1.165, 1.54) is 0 Å². The van der Waals surface area contributed by atoms with E-state index in [9.17, 15) is 14.4 Å². The van der Waals surface area contributed by atoms with E-state index in [0.29, 0.717) is 29.3 Å². The normalized spacial score (nSPS) is 11.3. The van der Waals surface area contributed by atoms with Crippen molar-refractivity contribution in [1.29, 1.82) is 0 Å². The quantitative estimate of drug-likeness (QED) is 0.498. The maximum atomic E-state index is 12.2. The van der Waals surface area contributed by atoms with Crippen LogP contribution in [-0.4, -0.2) is 24.3 Å². The number of hydrazine groups is 1. The van der Waals surface area contributed by atoms with Gasteiger partial charge < -0.3 is 10.1 Å². The minimum Gasteiger partial charge on any atom is -0.483 e. The van der Waals surface area contributed by atoms with E-state index in [-0.39, 0.29) is 12.5 Å². The van der Waals surface area contributed by atoms with Crippen LogP contribution in [0.25, 0.3) is 0 Å². The van der Waals surface area contributed by atoms with Gasteiger partial charge in [0.1, 0.15) is 5.75 Å². The average molecular weight is 426 g/mol. The summed E-state index contributed by atoms with van der Waals surface area (Å²) in [6, 6.07) is 14.1. The van der Waals surface area contributed by atoms with Crippen LogP contribution in [0.3, 0.4) is 0 Å². The highest BCUT2D eigenvalue weighted by molar-refractivity contribution is 5.96. The van der Waals surface area contributed by atoms with Crippen LogP contribution in [0.4, 0.5) is 5.69 Å². The third-order valence-corrected chi connectivity index (χ3v) is 4.92.